The van der Waals surface area contributed by atoms with E-state index in [0.717, 1.165) is 0 Å². The van der Waals surface area contributed by atoms with Gasteiger partial charge in [0.1, 0.15) is 6.54 Å². The summed E-state index contributed by atoms with van der Waals surface area (Å²) in [6, 6.07) is 0.183. The fourth-order valence-electron chi connectivity index (χ4n) is 2.23. The average molecular weight is 267 g/mol. The first-order chi connectivity index (χ1) is 8.86. The molecule has 0 spiro atoms. The molecule has 0 aromatic heterocycles. The minimum absolute atomic E-state index is 0.0141. The number of piperazine rings is 1. The molecule has 1 heterocycles. The van der Waals surface area contributed by atoms with E-state index in [4.69, 9.17) is 11.5 Å². The molecule has 2 amide bonds. The van der Waals surface area contributed by atoms with Crippen molar-refractivity contribution < 1.29 is 14.7 Å². The molecule has 106 valence electrons. The standard InChI is InChI=1S/C13H21N3O3/c1-5-6-15(9-12(17)18)13(19)16-7-10(2)14(4)11(3)8-16/h1,10-11H,6-9H2,2-4H3,(H,17,18). The lowest BCUT2D eigenvalue weighted by Crippen LogP contribution is -2.59. The van der Waals surface area contributed by atoms with Crippen LogP contribution in [-0.2, 0) is 4.79 Å². The number of aliphatic carboxylic acids is 1. The molecule has 1 aliphatic rings. The molecule has 0 radical (unpaired) electrons. The Bertz CT molecular complexity index is 379. The average Bonchev–Trinajstić information content (AvgIpc) is 2.33. The summed E-state index contributed by atoms with van der Waals surface area (Å²) in [6.45, 7) is 4.90. The summed E-state index contributed by atoms with van der Waals surface area (Å²) >= 11 is 0. The van der Waals surface area contributed by atoms with Gasteiger partial charge in [0.25, 0.3) is 0 Å². The second-order valence-electron chi connectivity index (χ2n) is 5.00. The number of carbonyl (C=O) groups is 2. The van der Waals surface area contributed by atoms with Gasteiger partial charge in [0.15, 0.2) is 0 Å². The molecule has 0 aromatic carbocycles. The Morgan fingerprint density at radius 2 is 1.89 bits per heavy atom. The Hall–Kier alpha value is -1.74. The van der Waals surface area contributed by atoms with Gasteiger partial charge in [-0.15, -0.1) is 6.42 Å². The Kier molecular flexibility index (Phi) is 5.19. The smallest absolute Gasteiger partial charge is 0.323 e. The Morgan fingerprint density at radius 3 is 2.32 bits per heavy atom. The van der Waals surface area contributed by atoms with Crippen LogP contribution in [0.25, 0.3) is 0 Å². The van der Waals surface area contributed by atoms with Crippen LogP contribution < -0.4 is 0 Å². The van der Waals surface area contributed by atoms with Crippen molar-refractivity contribution in [1.29, 1.82) is 0 Å². The van der Waals surface area contributed by atoms with Crippen LogP contribution in [0.4, 0.5) is 4.79 Å². The van der Waals surface area contributed by atoms with Crippen molar-refractivity contribution in [2.45, 2.75) is 25.9 Å². The summed E-state index contributed by atoms with van der Waals surface area (Å²) in [5.41, 5.74) is 0. The van der Waals surface area contributed by atoms with Crippen molar-refractivity contribution >= 4 is 12.0 Å². The Labute approximate surface area is 114 Å². The lowest BCUT2D eigenvalue weighted by atomic mass is 10.1. The van der Waals surface area contributed by atoms with Gasteiger partial charge in [-0.3, -0.25) is 9.69 Å². The van der Waals surface area contributed by atoms with Crippen molar-refractivity contribution in [2.24, 2.45) is 0 Å². The SMILES string of the molecule is C#CCN(CC(=O)O)C(=O)N1CC(C)N(C)C(C)C1. The largest absolute Gasteiger partial charge is 0.480 e. The van der Waals surface area contributed by atoms with Gasteiger partial charge in [-0.25, -0.2) is 4.79 Å². The van der Waals surface area contributed by atoms with Crippen molar-refractivity contribution in [2.75, 3.05) is 33.2 Å². The van der Waals surface area contributed by atoms with Gasteiger partial charge < -0.3 is 14.9 Å². The molecule has 0 bridgehead atoms. The normalized spacial score (nSPS) is 23.8. The van der Waals surface area contributed by atoms with Crippen LogP contribution in [0.3, 0.4) is 0 Å². The summed E-state index contributed by atoms with van der Waals surface area (Å²) in [6.07, 6.45) is 5.19. The second kappa shape index (κ2) is 6.43. The van der Waals surface area contributed by atoms with E-state index in [0.29, 0.717) is 13.1 Å². The molecular formula is C13H21N3O3. The van der Waals surface area contributed by atoms with Gasteiger partial charge in [-0.2, -0.15) is 0 Å². The number of nitrogens with zero attached hydrogens (tertiary/aromatic N) is 3. The zero-order valence-corrected chi connectivity index (χ0v) is 11.7. The molecule has 1 aliphatic heterocycles. The number of likely N-dealkylation sites (N-methyl/N-ethyl adjacent to an activating group) is 1. The van der Waals surface area contributed by atoms with Crippen LogP contribution in [0.1, 0.15) is 13.8 Å². The highest BCUT2D eigenvalue weighted by Crippen LogP contribution is 2.14. The highest BCUT2D eigenvalue weighted by atomic mass is 16.4. The van der Waals surface area contributed by atoms with E-state index in [2.05, 4.69) is 10.8 Å². The van der Waals surface area contributed by atoms with Gasteiger partial charge in [0.2, 0.25) is 0 Å². The second-order valence-corrected chi connectivity index (χ2v) is 5.00. The van der Waals surface area contributed by atoms with E-state index in [1.807, 2.05) is 20.9 Å². The maximum atomic E-state index is 12.3. The van der Waals surface area contributed by atoms with Crippen LogP contribution in [0.15, 0.2) is 0 Å². The summed E-state index contributed by atoms with van der Waals surface area (Å²) in [7, 11) is 2.02. The zero-order chi connectivity index (χ0) is 14.6. The molecule has 2 unspecified atom stereocenters. The molecule has 1 N–H and O–H groups in total. The monoisotopic (exact) mass is 267 g/mol. The third kappa shape index (κ3) is 3.86. The lowest BCUT2D eigenvalue weighted by Gasteiger charge is -2.43. The van der Waals surface area contributed by atoms with E-state index < -0.39 is 5.97 Å². The molecule has 6 heteroatoms. The number of hydrogen-bond donors (Lipinski definition) is 1. The first-order valence-electron chi connectivity index (χ1n) is 6.27. The minimum Gasteiger partial charge on any atom is -0.480 e. The molecule has 19 heavy (non-hydrogen) atoms. The number of hydrogen-bond acceptors (Lipinski definition) is 3. The number of carboxylic acid groups (broad SMARTS) is 1. The number of amides is 2. The van der Waals surface area contributed by atoms with Crippen molar-refractivity contribution in [3.8, 4) is 12.3 Å². The summed E-state index contributed by atoms with van der Waals surface area (Å²) in [4.78, 5) is 28.1. The molecular weight excluding hydrogens is 246 g/mol. The van der Waals surface area contributed by atoms with Gasteiger partial charge in [0, 0.05) is 25.2 Å². The zero-order valence-electron chi connectivity index (χ0n) is 11.7. The molecule has 0 aromatic rings. The first-order valence-corrected chi connectivity index (χ1v) is 6.27. The van der Waals surface area contributed by atoms with E-state index >= 15 is 0 Å². The summed E-state index contributed by atoms with van der Waals surface area (Å²) in [5, 5.41) is 8.81. The quantitative estimate of drug-likeness (QED) is 0.739. The highest BCUT2D eigenvalue weighted by Gasteiger charge is 2.31. The predicted octanol–water partition coefficient (Wildman–Crippen LogP) is 0.151. The van der Waals surface area contributed by atoms with Crippen LogP contribution in [0, 0.1) is 12.3 Å². The molecule has 0 saturated carbocycles. The van der Waals surface area contributed by atoms with Gasteiger partial charge in [-0.1, -0.05) is 5.92 Å². The van der Waals surface area contributed by atoms with Crippen LogP contribution in [-0.4, -0.2) is 77.1 Å². The third-order valence-corrected chi connectivity index (χ3v) is 3.51. The highest BCUT2D eigenvalue weighted by molar-refractivity contribution is 5.80. The fraction of sp³-hybridized carbons (Fsp3) is 0.692. The summed E-state index contributed by atoms with van der Waals surface area (Å²) in [5.74, 6) is 1.27. The number of carboxylic acids is 1. The number of urea groups is 1. The van der Waals surface area contributed by atoms with Crippen molar-refractivity contribution in [1.82, 2.24) is 14.7 Å². The van der Waals surface area contributed by atoms with Gasteiger partial charge in [-0.05, 0) is 20.9 Å². The number of carbonyl (C=O) groups excluding carboxylic acids is 1. The lowest BCUT2D eigenvalue weighted by molar-refractivity contribution is -0.137. The van der Waals surface area contributed by atoms with Crippen LogP contribution >= 0.6 is 0 Å². The number of terminal acetylenes is 1. The number of rotatable bonds is 3. The van der Waals surface area contributed by atoms with E-state index in [1.54, 1.807) is 4.90 Å². The fourth-order valence-corrected chi connectivity index (χ4v) is 2.23. The van der Waals surface area contributed by atoms with Crippen LogP contribution in [0.5, 0.6) is 0 Å². The van der Waals surface area contributed by atoms with Crippen molar-refractivity contribution in [3.63, 3.8) is 0 Å². The Morgan fingerprint density at radius 1 is 1.37 bits per heavy atom. The summed E-state index contributed by atoms with van der Waals surface area (Å²) < 4.78 is 0. The molecule has 2 atom stereocenters. The van der Waals surface area contributed by atoms with E-state index in [-0.39, 0.29) is 31.2 Å². The Balaban J connectivity index is 2.74. The maximum absolute atomic E-state index is 12.3. The van der Waals surface area contributed by atoms with E-state index in [1.165, 1.54) is 4.90 Å². The molecule has 1 saturated heterocycles. The van der Waals surface area contributed by atoms with Crippen molar-refractivity contribution in [3.05, 3.63) is 0 Å². The molecule has 1 rings (SSSR count). The molecule has 0 aliphatic carbocycles. The van der Waals surface area contributed by atoms with Gasteiger partial charge in [0.05, 0.1) is 6.54 Å². The third-order valence-electron chi connectivity index (χ3n) is 3.51. The molecule has 1 fully saturated rings. The van der Waals surface area contributed by atoms with E-state index in [9.17, 15) is 9.59 Å². The topological polar surface area (TPSA) is 64.1 Å². The minimum atomic E-state index is -1.06. The van der Waals surface area contributed by atoms with Gasteiger partial charge >= 0.3 is 12.0 Å². The maximum Gasteiger partial charge on any atom is 0.323 e. The molecule has 6 nitrogen and oxygen atoms in total. The van der Waals surface area contributed by atoms with Crippen LogP contribution in [0.2, 0.25) is 0 Å². The predicted molar refractivity (Wildman–Crippen MR) is 71.7 cm³/mol. The first kappa shape index (κ1) is 15.3.